The van der Waals surface area contributed by atoms with Crippen LogP contribution < -0.4 is 5.73 Å². The fourth-order valence-corrected chi connectivity index (χ4v) is 4.85. The average Bonchev–Trinajstić information content (AvgIpc) is 2.95. The first-order chi connectivity index (χ1) is 11.3. The third-order valence-corrected chi connectivity index (χ3v) is 6.27. The van der Waals surface area contributed by atoms with Crippen molar-refractivity contribution in [3.63, 3.8) is 0 Å². The Morgan fingerprint density at radius 2 is 2.17 bits per heavy atom. The first-order valence-corrected chi connectivity index (χ1v) is 8.77. The molecule has 1 unspecified atom stereocenters. The minimum atomic E-state index is -0.967. The molecule has 0 saturated carbocycles. The summed E-state index contributed by atoms with van der Waals surface area (Å²) < 4.78 is 14.3. The quantitative estimate of drug-likeness (QED) is 0.796. The summed E-state index contributed by atoms with van der Waals surface area (Å²) in [7, 11) is 1.54. The molecule has 8 heteroatoms. The van der Waals surface area contributed by atoms with E-state index in [1.807, 2.05) is 18.4 Å². The first kappa shape index (κ1) is 16.9. The van der Waals surface area contributed by atoms with E-state index in [2.05, 4.69) is 20.9 Å². The molecule has 2 atom stereocenters. The lowest BCUT2D eigenvalue weighted by Gasteiger charge is -2.40. The summed E-state index contributed by atoms with van der Waals surface area (Å²) in [6.07, 6.45) is 0. The highest BCUT2D eigenvalue weighted by molar-refractivity contribution is 9.10. The number of aromatic hydroxyl groups is 1. The molecule has 0 spiro atoms. The molecule has 1 amide bonds. The molecule has 1 aliphatic rings. The van der Waals surface area contributed by atoms with Crippen molar-refractivity contribution in [3.05, 3.63) is 50.4 Å². The molecule has 0 saturated heterocycles. The van der Waals surface area contributed by atoms with Crippen molar-refractivity contribution in [1.29, 1.82) is 0 Å². The zero-order valence-corrected chi connectivity index (χ0v) is 15.4. The van der Waals surface area contributed by atoms with Gasteiger partial charge in [0, 0.05) is 16.4 Å². The lowest BCUT2D eigenvalue weighted by atomic mass is 9.77. The maximum absolute atomic E-state index is 13.4. The van der Waals surface area contributed by atoms with Crippen molar-refractivity contribution in [2.45, 2.75) is 18.4 Å². The number of amides is 1. The number of hydrogen-bond donors (Lipinski definition) is 2. The number of likely N-dealkylation sites (N-methyl/N-ethyl adjacent to an activating group) is 1. The molecule has 5 nitrogen and oxygen atoms in total. The molecule has 3 rings (SSSR count). The second-order valence-electron chi connectivity index (χ2n) is 5.76. The van der Waals surface area contributed by atoms with E-state index in [4.69, 9.17) is 5.73 Å². The highest BCUT2D eigenvalue weighted by Gasteiger charge is 2.48. The molecule has 2 heterocycles. The second kappa shape index (κ2) is 5.86. The van der Waals surface area contributed by atoms with Crippen LogP contribution in [0.15, 0.2) is 39.1 Å². The maximum Gasteiger partial charge on any atom is 0.239 e. The Hall–Kier alpha value is -1.93. The van der Waals surface area contributed by atoms with Crippen molar-refractivity contribution in [1.82, 2.24) is 4.90 Å². The van der Waals surface area contributed by atoms with Gasteiger partial charge in [0.05, 0.1) is 5.92 Å². The van der Waals surface area contributed by atoms with Crippen LogP contribution in [0.3, 0.4) is 0 Å². The summed E-state index contributed by atoms with van der Waals surface area (Å²) in [5.74, 6) is -2.13. The number of phenols is 1. The topological polar surface area (TPSA) is 78.9 Å². The van der Waals surface area contributed by atoms with Crippen LogP contribution in [0.4, 0.5) is 4.39 Å². The van der Waals surface area contributed by atoms with E-state index in [1.165, 1.54) is 28.4 Å². The van der Waals surface area contributed by atoms with Crippen LogP contribution in [-0.4, -0.2) is 28.9 Å². The van der Waals surface area contributed by atoms with E-state index in [-0.39, 0.29) is 11.9 Å². The van der Waals surface area contributed by atoms with E-state index in [0.717, 1.165) is 15.4 Å². The third kappa shape index (κ3) is 2.50. The predicted molar refractivity (Wildman–Crippen MR) is 94.6 cm³/mol. The second-order valence-corrected chi connectivity index (χ2v) is 7.53. The van der Waals surface area contributed by atoms with Gasteiger partial charge in [-0.2, -0.15) is 0 Å². The Morgan fingerprint density at radius 3 is 2.75 bits per heavy atom. The number of phenolic OH excluding ortho intramolecular Hbond substituents is 1. The van der Waals surface area contributed by atoms with Crippen LogP contribution in [0.5, 0.6) is 5.75 Å². The van der Waals surface area contributed by atoms with Crippen LogP contribution in [0.2, 0.25) is 0 Å². The summed E-state index contributed by atoms with van der Waals surface area (Å²) in [5.41, 5.74) is 5.44. The van der Waals surface area contributed by atoms with Gasteiger partial charge < -0.3 is 10.8 Å². The SMILES string of the molecule is CN1C(=O)C(c2ccc(F)c(O)c2)[C@@](C)(c2sccc2Br)N=C1N. The number of aliphatic imine (C=N–C) groups is 1. The lowest BCUT2D eigenvalue weighted by Crippen LogP contribution is -2.52. The summed E-state index contributed by atoms with van der Waals surface area (Å²) in [4.78, 5) is 19.6. The van der Waals surface area contributed by atoms with Crippen molar-refractivity contribution in [2.24, 2.45) is 10.7 Å². The minimum Gasteiger partial charge on any atom is -0.505 e. The van der Waals surface area contributed by atoms with Crippen molar-refractivity contribution in [2.75, 3.05) is 7.05 Å². The van der Waals surface area contributed by atoms with Crippen LogP contribution in [-0.2, 0) is 10.3 Å². The highest BCUT2D eigenvalue weighted by atomic mass is 79.9. The van der Waals surface area contributed by atoms with Gasteiger partial charge in [-0.1, -0.05) is 6.07 Å². The smallest absolute Gasteiger partial charge is 0.239 e. The van der Waals surface area contributed by atoms with Gasteiger partial charge in [-0.3, -0.25) is 9.69 Å². The zero-order valence-electron chi connectivity index (χ0n) is 13.0. The normalized spacial score (nSPS) is 24.2. The van der Waals surface area contributed by atoms with Crippen molar-refractivity contribution < 1.29 is 14.3 Å². The molecular weight excluding hydrogens is 397 g/mol. The molecule has 1 aromatic heterocycles. The third-order valence-electron chi connectivity index (χ3n) is 4.21. The molecule has 3 N–H and O–H groups in total. The number of nitrogens with two attached hydrogens (primary N) is 1. The number of carbonyl (C=O) groups is 1. The van der Waals surface area contributed by atoms with Gasteiger partial charge in [-0.25, -0.2) is 9.38 Å². The summed E-state index contributed by atoms with van der Waals surface area (Å²) >= 11 is 4.93. The number of halogens is 2. The lowest BCUT2D eigenvalue weighted by molar-refractivity contribution is -0.130. The average molecular weight is 412 g/mol. The number of guanidine groups is 1. The highest BCUT2D eigenvalue weighted by Crippen LogP contribution is 2.48. The minimum absolute atomic E-state index is 0.116. The Balaban J connectivity index is 2.24. The van der Waals surface area contributed by atoms with Gasteiger partial charge in [-0.15, -0.1) is 11.3 Å². The molecular formula is C16H15BrFN3O2S. The molecule has 2 aromatic rings. The van der Waals surface area contributed by atoms with Gasteiger partial charge in [0.15, 0.2) is 17.5 Å². The molecule has 0 fully saturated rings. The number of benzene rings is 1. The fourth-order valence-electron chi connectivity index (χ4n) is 2.94. The summed E-state index contributed by atoms with van der Waals surface area (Å²) in [6, 6.07) is 5.77. The predicted octanol–water partition coefficient (Wildman–Crippen LogP) is 3.14. The molecule has 0 radical (unpaired) electrons. The number of hydrogen-bond acceptors (Lipinski definition) is 5. The molecule has 0 aliphatic carbocycles. The van der Waals surface area contributed by atoms with Gasteiger partial charge in [0.1, 0.15) is 5.54 Å². The standard InChI is InChI=1S/C16H15BrFN3O2S/c1-16(13-9(17)5-6-24-13)12(14(23)21(2)15(19)20-16)8-3-4-10(18)11(22)7-8/h3-7,12,22H,1-2H3,(H2,19,20)/t12?,16-/m0/s1. The molecule has 1 aromatic carbocycles. The molecule has 24 heavy (non-hydrogen) atoms. The number of rotatable bonds is 2. The monoisotopic (exact) mass is 411 g/mol. The van der Waals surface area contributed by atoms with Crippen molar-refractivity contribution in [3.8, 4) is 5.75 Å². The zero-order chi connectivity index (χ0) is 17.6. The van der Waals surface area contributed by atoms with Gasteiger partial charge in [-0.05, 0) is 52.0 Å². The van der Waals surface area contributed by atoms with Crippen LogP contribution >= 0.6 is 27.3 Å². The molecule has 1 aliphatic heterocycles. The van der Waals surface area contributed by atoms with E-state index in [1.54, 1.807) is 7.05 Å². The van der Waals surface area contributed by atoms with Gasteiger partial charge in [0.25, 0.3) is 0 Å². The van der Waals surface area contributed by atoms with Crippen molar-refractivity contribution >= 4 is 39.1 Å². The molecule has 0 bridgehead atoms. The maximum atomic E-state index is 13.4. The van der Waals surface area contributed by atoms with Crippen LogP contribution in [0.1, 0.15) is 23.3 Å². The Labute approximate surface area is 150 Å². The van der Waals surface area contributed by atoms with E-state index < -0.39 is 23.0 Å². The summed E-state index contributed by atoms with van der Waals surface area (Å²) in [5, 5.41) is 11.6. The van der Waals surface area contributed by atoms with Crippen LogP contribution in [0.25, 0.3) is 0 Å². The first-order valence-electron chi connectivity index (χ1n) is 7.10. The number of carbonyl (C=O) groups excluding carboxylic acids is 1. The molecule has 126 valence electrons. The van der Waals surface area contributed by atoms with E-state index in [9.17, 15) is 14.3 Å². The largest absolute Gasteiger partial charge is 0.505 e. The Bertz CT molecular complexity index is 854. The van der Waals surface area contributed by atoms with Gasteiger partial charge in [0.2, 0.25) is 5.91 Å². The van der Waals surface area contributed by atoms with E-state index in [0.29, 0.717) is 5.56 Å². The summed E-state index contributed by atoms with van der Waals surface area (Å²) in [6.45, 7) is 1.81. The Morgan fingerprint density at radius 1 is 1.46 bits per heavy atom. The van der Waals surface area contributed by atoms with E-state index >= 15 is 0 Å². The Kier molecular flexibility index (Phi) is 4.13. The number of nitrogens with zero attached hydrogens (tertiary/aromatic N) is 2. The van der Waals surface area contributed by atoms with Crippen LogP contribution in [0, 0.1) is 5.82 Å². The fraction of sp³-hybridized carbons (Fsp3) is 0.250. The number of thiophene rings is 1. The van der Waals surface area contributed by atoms with Gasteiger partial charge >= 0.3 is 0 Å².